The van der Waals surface area contributed by atoms with Gasteiger partial charge in [0.1, 0.15) is 0 Å². The number of hydrogen-bond acceptors (Lipinski definition) is 3. The van der Waals surface area contributed by atoms with Gasteiger partial charge in [-0.05, 0) is 19.5 Å². The van der Waals surface area contributed by atoms with Gasteiger partial charge in [-0.25, -0.2) is 0 Å². The van der Waals surface area contributed by atoms with Gasteiger partial charge in [-0.1, -0.05) is 20.8 Å². The average Bonchev–Trinajstić information content (AvgIpc) is 2.18. The second-order valence-electron chi connectivity index (χ2n) is 3.20. The predicted molar refractivity (Wildman–Crippen MR) is 63.5 cm³/mol. The first-order valence-electron chi connectivity index (χ1n) is 5.28. The van der Waals surface area contributed by atoms with Crippen molar-refractivity contribution in [2.75, 3.05) is 25.4 Å². The highest BCUT2D eigenvalue weighted by Gasteiger charge is 2.12. The molecule has 84 valence electrons. The minimum Gasteiger partial charge on any atom is -0.369 e. The van der Waals surface area contributed by atoms with Crippen LogP contribution in [-0.2, 0) is 4.79 Å². The van der Waals surface area contributed by atoms with Crippen LogP contribution in [0, 0.1) is 0 Å². The van der Waals surface area contributed by atoms with Gasteiger partial charge in [0.2, 0.25) is 5.91 Å². The number of nitrogens with two attached hydrogens (primary N) is 1. The lowest BCUT2D eigenvalue weighted by Crippen LogP contribution is -2.29. The molecule has 1 unspecified atom stereocenters. The number of primary amides is 1. The number of carbonyl (C=O) groups is 1. The Labute approximate surface area is 91.4 Å². The second kappa shape index (κ2) is 8.12. The van der Waals surface area contributed by atoms with Crippen molar-refractivity contribution in [3.63, 3.8) is 0 Å². The zero-order valence-electron chi connectivity index (χ0n) is 9.45. The highest BCUT2D eigenvalue weighted by molar-refractivity contribution is 8.00. The molecule has 0 aromatic heterocycles. The summed E-state index contributed by atoms with van der Waals surface area (Å²) in [6, 6.07) is 0. The van der Waals surface area contributed by atoms with Crippen LogP contribution in [0.5, 0.6) is 0 Å². The lowest BCUT2D eigenvalue weighted by Gasteiger charge is -2.18. The van der Waals surface area contributed by atoms with E-state index < -0.39 is 0 Å². The molecule has 0 aliphatic carbocycles. The monoisotopic (exact) mass is 218 g/mol. The van der Waals surface area contributed by atoms with Gasteiger partial charge in [0, 0.05) is 12.3 Å². The van der Waals surface area contributed by atoms with Crippen LogP contribution < -0.4 is 5.73 Å². The Balaban J connectivity index is 3.65. The molecule has 2 N–H and O–H groups in total. The largest absolute Gasteiger partial charge is 0.369 e. The summed E-state index contributed by atoms with van der Waals surface area (Å²) in [5, 5.41) is -0.00874. The third-order valence-corrected chi connectivity index (χ3v) is 3.70. The number of nitrogens with zero attached hydrogens (tertiary/aromatic N) is 1. The van der Waals surface area contributed by atoms with Gasteiger partial charge >= 0.3 is 0 Å². The topological polar surface area (TPSA) is 46.3 Å². The Morgan fingerprint density at radius 1 is 1.36 bits per heavy atom. The minimum absolute atomic E-state index is 0.00874. The van der Waals surface area contributed by atoms with E-state index in [1.165, 1.54) is 0 Å². The Morgan fingerprint density at radius 3 is 2.29 bits per heavy atom. The van der Waals surface area contributed by atoms with Crippen LogP contribution in [0.2, 0.25) is 0 Å². The first-order chi connectivity index (χ1) is 6.65. The number of amides is 1. The first-order valence-corrected chi connectivity index (χ1v) is 6.33. The molecular weight excluding hydrogens is 196 g/mol. The molecule has 4 heteroatoms. The zero-order chi connectivity index (χ0) is 11.0. The first kappa shape index (κ1) is 13.8. The molecule has 0 bridgehead atoms. The van der Waals surface area contributed by atoms with Crippen LogP contribution in [0.25, 0.3) is 0 Å². The Morgan fingerprint density at radius 2 is 1.93 bits per heavy atom. The van der Waals surface area contributed by atoms with Crippen LogP contribution in [-0.4, -0.2) is 41.4 Å². The molecule has 0 saturated carbocycles. The van der Waals surface area contributed by atoms with Crippen LogP contribution >= 0.6 is 11.8 Å². The molecule has 0 aromatic carbocycles. The standard InChI is InChI=1S/C10H22N2OS/c1-4-9(10(11)13)14-8-7-12(5-2)6-3/h9H,4-8H2,1-3H3,(H2,11,13). The molecule has 0 spiro atoms. The zero-order valence-corrected chi connectivity index (χ0v) is 10.3. The van der Waals surface area contributed by atoms with E-state index in [9.17, 15) is 4.79 Å². The highest BCUT2D eigenvalue weighted by atomic mass is 32.2. The van der Waals surface area contributed by atoms with Gasteiger partial charge in [0.25, 0.3) is 0 Å². The average molecular weight is 218 g/mol. The van der Waals surface area contributed by atoms with Gasteiger partial charge in [-0.3, -0.25) is 4.79 Å². The molecule has 0 saturated heterocycles. The molecular formula is C10H22N2OS. The minimum atomic E-state index is -0.183. The molecule has 0 aliphatic heterocycles. The third-order valence-electron chi connectivity index (χ3n) is 2.31. The summed E-state index contributed by atoms with van der Waals surface area (Å²) in [6.45, 7) is 9.50. The predicted octanol–water partition coefficient (Wildman–Crippen LogP) is 1.33. The number of thioether (sulfide) groups is 1. The SMILES string of the molecule is CCC(SCCN(CC)CC)C(N)=O. The Kier molecular flexibility index (Phi) is 7.99. The van der Waals surface area contributed by atoms with Gasteiger partial charge < -0.3 is 10.6 Å². The van der Waals surface area contributed by atoms with E-state index in [0.717, 1.165) is 31.8 Å². The summed E-state index contributed by atoms with van der Waals surface area (Å²) in [7, 11) is 0. The fraction of sp³-hybridized carbons (Fsp3) is 0.900. The number of hydrogen-bond donors (Lipinski definition) is 1. The van der Waals surface area contributed by atoms with E-state index in [4.69, 9.17) is 5.73 Å². The lowest BCUT2D eigenvalue weighted by molar-refractivity contribution is -0.117. The van der Waals surface area contributed by atoms with Crippen molar-refractivity contribution in [3.8, 4) is 0 Å². The molecule has 0 rings (SSSR count). The maximum absolute atomic E-state index is 10.9. The van der Waals surface area contributed by atoms with Crippen molar-refractivity contribution in [2.45, 2.75) is 32.4 Å². The lowest BCUT2D eigenvalue weighted by atomic mass is 10.3. The van der Waals surface area contributed by atoms with Crippen LogP contribution in [0.15, 0.2) is 0 Å². The van der Waals surface area contributed by atoms with Crippen LogP contribution in [0.1, 0.15) is 27.2 Å². The maximum Gasteiger partial charge on any atom is 0.230 e. The maximum atomic E-state index is 10.9. The number of rotatable bonds is 8. The van der Waals surface area contributed by atoms with E-state index in [-0.39, 0.29) is 11.2 Å². The van der Waals surface area contributed by atoms with E-state index in [1.807, 2.05) is 6.92 Å². The molecule has 0 fully saturated rings. The molecule has 1 atom stereocenters. The molecule has 14 heavy (non-hydrogen) atoms. The van der Waals surface area contributed by atoms with Crippen molar-refractivity contribution in [3.05, 3.63) is 0 Å². The van der Waals surface area contributed by atoms with E-state index in [1.54, 1.807) is 11.8 Å². The van der Waals surface area contributed by atoms with Crippen LogP contribution in [0.3, 0.4) is 0 Å². The summed E-state index contributed by atoms with van der Waals surface area (Å²) in [6.07, 6.45) is 0.832. The summed E-state index contributed by atoms with van der Waals surface area (Å²) in [5.41, 5.74) is 5.26. The molecule has 3 nitrogen and oxygen atoms in total. The molecule has 0 aromatic rings. The van der Waals surface area contributed by atoms with Gasteiger partial charge in [-0.15, -0.1) is 11.8 Å². The smallest absolute Gasteiger partial charge is 0.230 e. The van der Waals surface area contributed by atoms with Crippen molar-refractivity contribution in [2.24, 2.45) is 5.73 Å². The van der Waals surface area contributed by atoms with Crippen molar-refractivity contribution in [1.82, 2.24) is 4.90 Å². The van der Waals surface area contributed by atoms with Gasteiger partial charge in [0.05, 0.1) is 5.25 Å². The van der Waals surface area contributed by atoms with Crippen molar-refractivity contribution >= 4 is 17.7 Å². The molecule has 0 aliphatic rings. The van der Waals surface area contributed by atoms with E-state index in [0.29, 0.717) is 0 Å². The Hall–Kier alpha value is -0.220. The van der Waals surface area contributed by atoms with Crippen molar-refractivity contribution in [1.29, 1.82) is 0 Å². The second-order valence-corrected chi connectivity index (χ2v) is 4.51. The van der Waals surface area contributed by atoms with E-state index in [2.05, 4.69) is 18.7 Å². The molecule has 0 heterocycles. The summed E-state index contributed by atoms with van der Waals surface area (Å²) < 4.78 is 0. The fourth-order valence-corrected chi connectivity index (χ4v) is 2.31. The molecule has 1 amide bonds. The normalized spacial score (nSPS) is 13.1. The summed E-state index contributed by atoms with van der Waals surface area (Å²) in [5.74, 6) is 0.806. The fourth-order valence-electron chi connectivity index (χ4n) is 1.27. The van der Waals surface area contributed by atoms with E-state index >= 15 is 0 Å². The quantitative estimate of drug-likeness (QED) is 0.668. The van der Waals surface area contributed by atoms with Gasteiger partial charge in [0.15, 0.2) is 0 Å². The summed E-state index contributed by atoms with van der Waals surface area (Å²) in [4.78, 5) is 13.3. The molecule has 0 radical (unpaired) electrons. The third kappa shape index (κ3) is 5.50. The number of carbonyl (C=O) groups excluding carboxylic acids is 1. The van der Waals surface area contributed by atoms with Gasteiger partial charge in [-0.2, -0.15) is 0 Å². The van der Waals surface area contributed by atoms with Crippen LogP contribution in [0.4, 0.5) is 0 Å². The Bertz CT molecular complexity index is 160. The highest BCUT2D eigenvalue weighted by Crippen LogP contribution is 2.13. The summed E-state index contributed by atoms with van der Waals surface area (Å²) >= 11 is 1.67. The van der Waals surface area contributed by atoms with Crippen molar-refractivity contribution < 1.29 is 4.79 Å².